The van der Waals surface area contributed by atoms with E-state index in [9.17, 15) is 8.42 Å². The van der Waals surface area contributed by atoms with Crippen molar-refractivity contribution in [1.29, 1.82) is 10.5 Å². The van der Waals surface area contributed by atoms with Gasteiger partial charge in [-0.3, -0.25) is 0 Å². The number of sulfonamides is 1. The first-order valence-corrected chi connectivity index (χ1v) is 5.22. The van der Waals surface area contributed by atoms with Crippen LogP contribution in [0.1, 0.15) is 13.3 Å². The first-order valence-electron chi connectivity index (χ1n) is 3.72. The standard InChI is InChI=1S/C7H11N3O2S/c1-3-7(6-9)13(11,12)10(2)5-4-8/h7H,3,5H2,1-2H3. The van der Waals surface area contributed by atoms with Crippen LogP contribution in [0.3, 0.4) is 0 Å². The van der Waals surface area contributed by atoms with Crippen LogP contribution in [0.5, 0.6) is 0 Å². The van der Waals surface area contributed by atoms with Crippen molar-refractivity contribution in [2.45, 2.75) is 18.6 Å². The minimum atomic E-state index is -3.61. The minimum Gasteiger partial charge on any atom is -0.211 e. The third-order valence-corrected chi connectivity index (χ3v) is 3.76. The second-order valence-electron chi connectivity index (χ2n) is 2.49. The molecule has 0 saturated heterocycles. The van der Waals surface area contributed by atoms with E-state index in [-0.39, 0.29) is 13.0 Å². The Kier molecular flexibility index (Phi) is 4.39. The van der Waals surface area contributed by atoms with Crippen LogP contribution in [0.25, 0.3) is 0 Å². The fourth-order valence-corrected chi connectivity index (χ4v) is 2.00. The quantitative estimate of drug-likeness (QED) is 0.602. The molecule has 0 N–H and O–H groups in total. The number of nitriles is 2. The van der Waals surface area contributed by atoms with Gasteiger partial charge >= 0.3 is 0 Å². The summed E-state index contributed by atoms with van der Waals surface area (Å²) in [4.78, 5) is 0. The van der Waals surface area contributed by atoms with Crippen LogP contribution in [0.2, 0.25) is 0 Å². The molecule has 0 heterocycles. The van der Waals surface area contributed by atoms with Gasteiger partial charge in [0, 0.05) is 7.05 Å². The Balaban J connectivity index is 4.79. The maximum absolute atomic E-state index is 11.4. The number of nitrogens with zero attached hydrogens (tertiary/aromatic N) is 3. The average molecular weight is 201 g/mol. The smallest absolute Gasteiger partial charge is 0.211 e. The molecule has 0 aromatic heterocycles. The van der Waals surface area contributed by atoms with Crippen molar-refractivity contribution in [3.63, 3.8) is 0 Å². The summed E-state index contributed by atoms with van der Waals surface area (Å²) in [6.07, 6.45) is 0.231. The van der Waals surface area contributed by atoms with Gasteiger partial charge in [0.05, 0.1) is 12.1 Å². The van der Waals surface area contributed by atoms with E-state index in [1.807, 2.05) is 0 Å². The van der Waals surface area contributed by atoms with E-state index in [4.69, 9.17) is 10.5 Å². The van der Waals surface area contributed by atoms with Gasteiger partial charge in [0.25, 0.3) is 0 Å². The highest BCUT2D eigenvalue weighted by molar-refractivity contribution is 7.89. The van der Waals surface area contributed by atoms with Crippen molar-refractivity contribution in [3.05, 3.63) is 0 Å². The van der Waals surface area contributed by atoms with Crippen LogP contribution >= 0.6 is 0 Å². The van der Waals surface area contributed by atoms with E-state index in [0.717, 1.165) is 4.31 Å². The summed E-state index contributed by atoms with van der Waals surface area (Å²) >= 11 is 0. The second kappa shape index (κ2) is 4.80. The molecule has 6 heteroatoms. The van der Waals surface area contributed by atoms with Gasteiger partial charge < -0.3 is 0 Å². The summed E-state index contributed by atoms with van der Waals surface area (Å²) in [5.41, 5.74) is 0. The number of hydrogen-bond donors (Lipinski definition) is 0. The molecule has 0 amide bonds. The monoisotopic (exact) mass is 201 g/mol. The van der Waals surface area contributed by atoms with Crippen molar-refractivity contribution < 1.29 is 8.42 Å². The zero-order valence-electron chi connectivity index (χ0n) is 7.56. The molecule has 0 fully saturated rings. The van der Waals surface area contributed by atoms with Crippen molar-refractivity contribution in [2.24, 2.45) is 0 Å². The zero-order valence-corrected chi connectivity index (χ0v) is 8.37. The highest BCUT2D eigenvalue weighted by Crippen LogP contribution is 2.08. The molecule has 0 aromatic carbocycles. The highest BCUT2D eigenvalue weighted by Gasteiger charge is 2.27. The first kappa shape index (κ1) is 11.9. The molecule has 1 unspecified atom stereocenters. The maximum atomic E-state index is 11.4. The molecule has 0 rings (SSSR count). The molecule has 1 atom stereocenters. The van der Waals surface area contributed by atoms with Gasteiger partial charge in [-0.15, -0.1) is 0 Å². The van der Waals surface area contributed by atoms with Gasteiger partial charge in [0.2, 0.25) is 10.0 Å². The lowest BCUT2D eigenvalue weighted by atomic mass is 10.4. The molecule has 13 heavy (non-hydrogen) atoms. The van der Waals surface area contributed by atoms with Crippen molar-refractivity contribution in [2.75, 3.05) is 13.6 Å². The van der Waals surface area contributed by atoms with E-state index >= 15 is 0 Å². The van der Waals surface area contributed by atoms with Crippen LogP contribution in [-0.2, 0) is 10.0 Å². The molecule has 0 spiro atoms. The highest BCUT2D eigenvalue weighted by atomic mass is 32.2. The summed E-state index contributed by atoms with van der Waals surface area (Å²) in [6.45, 7) is 1.40. The van der Waals surface area contributed by atoms with Crippen LogP contribution in [0.4, 0.5) is 0 Å². The molecule has 72 valence electrons. The van der Waals surface area contributed by atoms with Crippen LogP contribution in [0.15, 0.2) is 0 Å². The maximum Gasteiger partial charge on any atom is 0.231 e. The third kappa shape index (κ3) is 2.69. The Hall–Kier alpha value is -1.11. The van der Waals surface area contributed by atoms with Gasteiger partial charge in [-0.05, 0) is 6.42 Å². The van der Waals surface area contributed by atoms with Crippen molar-refractivity contribution >= 4 is 10.0 Å². The molecule has 0 radical (unpaired) electrons. The molecule has 0 saturated carbocycles. The lowest BCUT2D eigenvalue weighted by molar-refractivity contribution is 0.494. The topological polar surface area (TPSA) is 85.0 Å². The van der Waals surface area contributed by atoms with E-state index < -0.39 is 15.3 Å². The molecular weight excluding hydrogens is 190 g/mol. The van der Waals surface area contributed by atoms with E-state index in [1.165, 1.54) is 7.05 Å². The molecular formula is C7H11N3O2S. The lowest BCUT2D eigenvalue weighted by Gasteiger charge is -2.16. The molecule has 5 nitrogen and oxygen atoms in total. The molecule has 0 aliphatic carbocycles. The number of hydrogen-bond acceptors (Lipinski definition) is 4. The molecule has 0 aromatic rings. The summed E-state index contributed by atoms with van der Waals surface area (Å²) < 4.78 is 23.8. The minimum absolute atomic E-state index is 0.222. The Morgan fingerprint density at radius 2 is 2.00 bits per heavy atom. The van der Waals surface area contributed by atoms with Gasteiger partial charge in [-0.2, -0.15) is 14.8 Å². The van der Waals surface area contributed by atoms with Gasteiger partial charge in [-0.1, -0.05) is 6.92 Å². The summed E-state index contributed by atoms with van der Waals surface area (Å²) in [7, 11) is -2.32. The normalized spacial score (nSPS) is 13.3. The van der Waals surface area contributed by atoms with E-state index in [2.05, 4.69) is 0 Å². The summed E-state index contributed by atoms with van der Waals surface area (Å²) in [5, 5.41) is 15.8. The first-order chi connectivity index (χ1) is 6.00. The fraction of sp³-hybridized carbons (Fsp3) is 0.714. The Bertz CT molecular complexity index is 336. The Morgan fingerprint density at radius 3 is 2.31 bits per heavy atom. The predicted molar refractivity (Wildman–Crippen MR) is 46.9 cm³/mol. The SMILES string of the molecule is CCC(C#N)S(=O)(=O)N(C)CC#N. The third-order valence-electron chi connectivity index (χ3n) is 1.60. The molecule has 0 bridgehead atoms. The van der Waals surface area contributed by atoms with Gasteiger partial charge in [0.1, 0.15) is 6.54 Å². The van der Waals surface area contributed by atoms with Gasteiger partial charge in [0.15, 0.2) is 5.25 Å². The van der Waals surface area contributed by atoms with Crippen LogP contribution < -0.4 is 0 Å². The number of rotatable bonds is 4. The van der Waals surface area contributed by atoms with Crippen molar-refractivity contribution in [1.82, 2.24) is 4.31 Å². The van der Waals surface area contributed by atoms with E-state index in [0.29, 0.717) is 0 Å². The fourth-order valence-electron chi connectivity index (χ4n) is 0.775. The summed E-state index contributed by atoms with van der Waals surface area (Å²) in [5.74, 6) is 0. The Morgan fingerprint density at radius 1 is 1.46 bits per heavy atom. The zero-order chi connectivity index (χ0) is 10.5. The second-order valence-corrected chi connectivity index (χ2v) is 4.71. The summed E-state index contributed by atoms with van der Waals surface area (Å²) in [6, 6.07) is 3.41. The van der Waals surface area contributed by atoms with Gasteiger partial charge in [-0.25, -0.2) is 8.42 Å². The van der Waals surface area contributed by atoms with Crippen LogP contribution in [-0.4, -0.2) is 31.6 Å². The predicted octanol–water partition coefficient (Wildman–Crippen LogP) is 0.0738. The molecule has 0 aliphatic heterocycles. The van der Waals surface area contributed by atoms with E-state index in [1.54, 1.807) is 19.1 Å². The van der Waals surface area contributed by atoms with Crippen LogP contribution in [0, 0.1) is 22.7 Å². The Labute approximate surface area is 78.2 Å². The van der Waals surface area contributed by atoms with Crippen molar-refractivity contribution in [3.8, 4) is 12.1 Å². The average Bonchev–Trinajstić information content (AvgIpc) is 2.06. The molecule has 0 aliphatic rings. The largest absolute Gasteiger partial charge is 0.231 e. The lowest BCUT2D eigenvalue weighted by Crippen LogP contribution is -2.35.